The average molecular weight is 278 g/mol. The van der Waals surface area contributed by atoms with Crippen LogP contribution in [-0.2, 0) is 16.1 Å². The summed E-state index contributed by atoms with van der Waals surface area (Å²) in [6, 6.07) is 1.68. The Kier molecular flexibility index (Phi) is 4.42. The molecule has 2 heterocycles. The van der Waals surface area contributed by atoms with E-state index in [1.807, 2.05) is 24.6 Å². The van der Waals surface area contributed by atoms with Crippen molar-refractivity contribution in [1.29, 1.82) is 0 Å². The summed E-state index contributed by atoms with van der Waals surface area (Å²) in [5, 5.41) is 9.98. The maximum absolute atomic E-state index is 11.9. The van der Waals surface area contributed by atoms with Crippen molar-refractivity contribution in [3.8, 4) is 0 Å². The molecule has 0 spiro atoms. The maximum Gasteiger partial charge on any atom is 0.242 e. The highest BCUT2D eigenvalue weighted by Crippen LogP contribution is 2.08. The molecule has 1 aromatic heterocycles. The number of carbonyl (C=O) groups is 2. The topological polar surface area (TPSA) is 76.0 Å². The van der Waals surface area contributed by atoms with Gasteiger partial charge in [-0.25, -0.2) is 0 Å². The lowest BCUT2D eigenvalue weighted by atomic mass is 10.1. The summed E-state index contributed by atoms with van der Waals surface area (Å²) in [5.74, 6) is 0.158. The van der Waals surface area contributed by atoms with E-state index >= 15 is 0 Å². The second-order valence-corrected chi connectivity index (χ2v) is 5.62. The molecule has 1 aliphatic rings. The minimum atomic E-state index is -0.358. The lowest BCUT2D eigenvalue weighted by molar-refractivity contribution is -0.125. The molecule has 2 rings (SSSR count). The Bertz CT molecular complexity index is 509. The first-order chi connectivity index (χ1) is 9.45. The first-order valence-corrected chi connectivity index (χ1v) is 7.04. The molecule has 110 valence electrons. The Balaban J connectivity index is 1.77. The fourth-order valence-corrected chi connectivity index (χ4v) is 2.43. The van der Waals surface area contributed by atoms with E-state index in [0.29, 0.717) is 19.4 Å². The molecule has 0 aromatic carbocycles. The average Bonchev–Trinajstić information content (AvgIpc) is 2.93. The monoisotopic (exact) mass is 278 g/mol. The molecule has 1 fully saturated rings. The van der Waals surface area contributed by atoms with Gasteiger partial charge in [-0.15, -0.1) is 0 Å². The molecule has 1 aliphatic heterocycles. The van der Waals surface area contributed by atoms with Crippen LogP contribution in [0, 0.1) is 19.8 Å². The highest BCUT2D eigenvalue weighted by Gasteiger charge is 2.27. The first-order valence-electron chi connectivity index (χ1n) is 7.04. The molecular weight excluding hydrogens is 256 g/mol. The van der Waals surface area contributed by atoms with Gasteiger partial charge in [0.2, 0.25) is 11.8 Å². The zero-order chi connectivity index (χ0) is 14.7. The van der Waals surface area contributed by atoms with Gasteiger partial charge in [-0.05, 0) is 32.3 Å². The number of hydrogen-bond acceptors (Lipinski definition) is 3. The molecule has 2 N–H and O–H groups in total. The molecule has 2 atom stereocenters. The van der Waals surface area contributed by atoms with E-state index in [1.54, 1.807) is 0 Å². The van der Waals surface area contributed by atoms with Gasteiger partial charge in [0.05, 0.1) is 5.69 Å². The van der Waals surface area contributed by atoms with E-state index in [2.05, 4.69) is 22.7 Å². The summed E-state index contributed by atoms with van der Waals surface area (Å²) in [6.45, 7) is 7.43. The Morgan fingerprint density at radius 1 is 1.60 bits per heavy atom. The molecule has 1 saturated heterocycles. The third-order valence-corrected chi connectivity index (χ3v) is 3.52. The van der Waals surface area contributed by atoms with Gasteiger partial charge in [0.15, 0.2) is 0 Å². The highest BCUT2D eigenvalue weighted by atomic mass is 16.2. The van der Waals surface area contributed by atoms with E-state index in [9.17, 15) is 9.59 Å². The predicted octanol–water partition coefficient (Wildman–Crippen LogP) is 0.531. The van der Waals surface area contributed by atoms with Crippen LogP contribution >= 0.6 is 0 Å². The van der Waals surface area contributed by atoms with E-state index in [0.717, 1.165) is 17.9 Å². The number of nitrogens with one attached hydrogen (secondary N) is 2. The Morgan fingerprint density at radius 2 is 2.35 bits per heavy atom. The molecule has 0 aliphatic carbocycles. The summed E-state index contributed by atoms with van der Waals surface area (Å²) in [7, 11) is 0. The van der Waals surface area contributed by atoms with Gasteiger partial charge in [0, 0.05) is 25.2 Å². The molecular formula is C14H22N4O2. The summed E-state index contributed by atoms with van der Waals surface area (Å²) in [6.07, 6.45) is 1.04. The van der Waals surface area contributed by atoms with Crippen molar-refractivity contribution in [1.82, 2.24) is 20.4 Å². The van der Waals surface area contributed by atoms with Gasteiger partial charge >= 0.3 is 0 Å². The lowest BCUT2D eigenvalue weighted by Crippen LogP contribution is -2.43. The molecule has 6 nitrogen and oxygen atoms in total. The second kappa shape index (κ2) is 6.07. The van der Waals surface area contributed by atoms with Crippen LogP contribution in [0.15, 0.2) is 6.07 Å². The Hall–Kier alpha value is -1.85. The molecule has 0 radical (unpaired) electrons. The van der Waals surface area contributed by atoms with Crippen molar-refractivity contribution >= 4 is 11.8 Å². The lowest BCUT2D eigenvalue weighted by Gasteiger charge is -2.16. The fourth-order valence-electron chi connectivity index (χ4n) is 2.43. The van der Waals surface area contributed by atoms with Crippen LogP contribution in [0.5, 0.6) is 0 Å². The molecule has 0 unspecified atom stereocenters. The minimum absolute atomic E-state index is 0.0409. The van der Waals surface area contributed by atoms with E-state index in [-0.39, 0.29) is 23.8 Å². The minimum Gasteiger partial charge on any atom is -0.354 e. The van der Waals surface area contributed by atoms with Gasteiger partial charge in [0.1, 0.15) is 6.04 Å². The number of carbonyl (C=O) groups excluding carboxylic acids is 2. The summed E-state index contributed by atoms with van der Waals surface area (Å²) >= 11 is 0. The third kappa shape index (κ3) is 3.59. The van der Waals surface area contributed by atoms with E-state index in [4.69, 9.17) is 0 Å². The second-order valence-electron chi connectivity index (χ2n) is 5.62. The number of nitrogens with zero attached hydrogens (tertiary/aromatic N) is 2. The molecule has 0 bridgehead atoms. The number of amides is 2. The highest BCUT2D eigenvalue weighted by molar-refractivity contribution is 5.90. The number of aryl methyl sites for hydroxylation is 2. The van der Waals surface area contributed by atoms with Crippen molar-refractivity contribution in [2.24, 2.45) is 5.92 Å². The fraction of sp³-hybridized carbons (Fsp3) is 0.643. The molecule has 20 heavy (non-hydrogen) atoms. The zero-order valence-corrected chi connectivity index (χ0v) is 12.3. The molecule has 1 aromatic rings. The number of aromatic nitrogens is 2. The van der Waals surface area contributed by atoms with Gasteiger partial charge in [-0.1, -0.05) is 6.92 Å². The Morgan fingerprint density at radius 3 is 2.90 bits per heavy atom. The summed E-state index contributed by atoms with van der Waals surface area (Å²) in [5.41, 5.74) is 2.14. The SMILES string of the molecule is Cc1cc(C)n(C[C@@H](C)CNC(=O)[C@H]2CCC(=O)N2)n1. The van der Waals surface area contributed by atoms with E-state index in [1.165, 1.54) is 0 Å². The van der Waals surface area contributed by atoms with Crippen LogP contribution < -0.4 is 10.6 Å². The van der Waals surface area contributed by atoms with Crippen molar-refractivity contribution < 1.29 is 9.59 Å². The summed E-state index contributed by atoms with van der Waals surface area (Å²) < 4.78 is 1.96. The summed E-state index contributed by atoms with van der Waals surface area (Å²) in [4.78, 5) is 22.9. The largest absolute Gasteiger partial charge is 0.354 e. The van der Waals surface area contributed by atoms with E-state index < -0.39 is 0 Å². The van der Waals surface area contributed by atoms with Crippen LogP contribution in [0.1, 0.15) is 31.2 Å². The molecule has 0 saturated carbocycles. The smallest absolute Gasteiger partial charge is 0.242 e. The maximum atomic E-state index is 11.9. The van der Waals surface area contributed by atoms with Crippen LogP contribution in [0.4, 0.5) is 0 Å². The zero-order valence-electron chi connectivity index (χ0n) is 12.3. The van der Waals surface area contributed by atoms with Crippen LogP contribution in [0.2, 0.25) is 0 Å². The number of rotatable bonds is 5. The standard InChI is InChI=1S/C14H22N4O2/c1-9(8-18-11(3)6-10(2)17-18)7-15-14(20)12-4-5-13(19)16-12/h6,9,12H,4-5,7-8H2,1-3H3,(H,15,20)(H,16,19)/t9-,12+/m0/s1. The Labute approximate surface area is 118 Å². The van der Waals surface area contributed by atoms with Crippen molar-refractivity contribution in [3.63, 3.8) is 0 Å². The third-order valence-electron chi connectivity index (χ3n) is 3.52. The quantitative estimate of drug-likeness (QED) is 0.825. The van der Waals surface area contributed by atoms with Crippen molar-refractivity contribution in [2.45, 2.75) is 46.2 Å². The first kappa shape index (κ1) is 14.6. The van der Waals surface area contributed by atoms with Crippen LogP contribution in [0.3, 0.4) is 0 Å². The normalized spacial score (nSPS) is 19.8. The van der Waals surface area contributed by atoms with Gasteiger partial charge in [-0.2, -0.15) is 5.10 Å². The molecule has 6 heteroatoms. The number of hydrogen-bond donors (Lipinski definition) is 2. The predicted molar refractivity (Wildman–Crippen MR) is 75.0 cm³/mol. The van der Waals surface area contributed by atoms with Crippen molar-refractivity contribution in [2.75, 3.05) is 6.54 Å². The van der Waals surface area contributed by atoms with Crippen LogP contribution in [-0.4, -0.2) is 34.2 Å². The van der Waals surface area contributed by atoms with Gasteiger partial charge in [-0.3, -0.25) is 14.3 Å². The van der Waals surface area contributed by atoms with Gasteiger partial charge in [0.25, 0.3) is 0 Å². The molecule has 2 amide bonds. The van der Waals surface area contributed by atoms with Crippen molar-refractivity contribution in [3.05, 3.63) is 17.5 Å². The van der Waals surface area contributed by atoms with Crippen LogP contribution in [0.25, 0.3) is 0 Å². The van der Waals surface area contributed by atoms with Gasteiger partial charge < -0.3 is 10.6 Å².